The molecule has 0 spiro atoms. The SMILES string of the molecule is O=C(Nc1cccc(C2SCCS2)c1)c1ccc(OC(F)F)cc1. The maximum Gasteiger partial charge on any atom is 0.387 e. The van der Waals surface area contributed by atoms with E-state index in [4.69, 9.17) is 0 Å². The number of halogens is 2. The number of thioether (sulfide) groups is 2. The number of amides is 1. The van der Waals surface area contributed by atoms with Gasteiger partial charge in [-0.3, -0.25) is 4.79 Å². The average molecular weight is 367 g/mol. The number of ether oxygens (including phenoxy) is 1. The molecule has 1 fully saturated rings. The lowest BCUT2D eigenvalue weighted by Gasteiger charge is -2.11. The molecule has 0 unspecified atom stereocenters. The van der Waals surface area contributed by atoms with Gasteiger partial charge in [-0.15, -0.1) is 23.5 Å². The summed E-state index contributed by atoms with van der Waals surface area (Å²) in [7, 11) is 0. The number of hydrogen-bond acceptors (Lipinski definition) is 4. The van der Waals surface area contributed by atoms with Gasteiger partial charge in [-0.25, -0.2) is 0 Å². The first kappa shape index (κ1) is 17.1. The van der Waals surface area contributed by atoms with E-state index < -0.39 is 6.61 Å². The van der Waals surface area contributed by atoms with Crippen LogP contribution in [0.5, 0.6) is 5.75 Å². The van der Waals surface area contributed by atoms with Crippen LogP contribution < -0.4 is 10.1 Å². The summed E-state index contributed by atoms with van der Waals surface area (Å²) in [5.41, 5.74) is 2.28. The van der Waals surface area contributed by atoms with Crippen LogP contribution in [0.25, 0.3) is 0 Å². The topological polar surface area (TPSA) is 38.3 Å². The largest absolute Gasteiger partial charge is 0.435 e. The van der Waals surface area contributed by atoms with Crippen LogP contribution in [0.1, 0.15) is 20.5 Å². The van der Waals surface area contributed by atoms with Crippen molar-refractivity contribution in [2.45, 2.75) is 11.2 Å². The summed E-state index contributed by atoms with van der Waals surface area (Å²) < 4.78 is 28.9. The Bertz CT molecular complexity index is 704. The first-order valence-electron chi connectivity index (χ1n) is 7.31. The second-order valence-electron chi connectivity index (χ2n) is 5.06. The fourth-order valence-electron chi connectivity index (χ4n) is 2.30. The fourth-order valence-corrected chi connectivity index (χ4v) is 5.14. The first-order chi connectivity index (χ1) is 11.6. The van der Waals surface area contributed by atoms with Crippen molar-refractivity contribution in [1.82, 2.24) is 0 Å². The van der Waals surface area contributed by atoms with Gasteiger partial charge in [0.1, 0.15) is 5.75 Å². The highest BCUT2D eigenvalue weighted by Crippen LogP contribution is 2.45. The zero-order valence-electron chi connectivity index (χ0n) is 12.6. The molecule has 0 radical (unpaired) electrons. The van der Waals surface area contributed by atoms with E-state index in [0.717, 1.165) is 17.2 Å². The molecule has 2 aromatic carbocycles. The van der Waals surface area contributed by atoms with Crippen molar-refractivity contribution in [3.63, 3.8) is 0 Å². The van der Waals surface area contributed by atoms with E-state index in [0.29, 0.717) is 10.1 Å². The van der Waals surface area contributed by atoms with Crippen LogP contribution in [0, 0.1) is 0 Å². The highest BCUT2D eigenvalue weighted by Gasteiger charge is 2.18. The van der Waals surface area contributed by atoms with E-state index in [9.17, 15) is 13.6 Å². The van der Waals surface area contributed by atoms with E-state index in [1.54, 1.807) is 0 Å². The van der Waals surface area contributed by atoms with Crippen LogP contribution in [0.15, 0.2) is 48.5 Å². The number of alkyl halides is 2. The number of hydrogen-bond donors (Lipinski definition) is 1. The highest BCUT2D eigenvalue weighted by atomic mass is 32.2. The Morgan fingerprint density at radius 2 is 1.83 bits per heavy atom. The quantitative estimate of drug-likeness (QED) is 0.805. The third-order valence-corrected chi connectivity index (χ3v) is 6.48. The number of nitrogens with one attached hydrogen (secondary N) is 1. The molecule has 1 aliphatic heterocycles. The zero-order valence-corrected chi connectivity index (χ0v) is 14.2. The summed E-state index contributed by atoms with van der Waals surface area (Å²) in [6.45, 7) is -2.88. The molecule has 1 N–H and O–H groups in total. The van der Waals surface area contributed by atoms with Crippen LogP contribution in [0.4, 0.5) is 14.5 Å². The lowest BCUT2D eigenvalue weighted by Crippen LogP contribution is -2.12. The van der Waals surface area contributed by atoms with Crippen LogP contribution in [-0.2, 0) is 0 Å². The molecule has 126 valence electrons. The van der Waals surface area contributed by atoms with Crippen molar-refractivity contribution < 1.29 is 18.3 Å². The summed E-state index contributed by atoms with van der Waals surface area (Å²) in [5.74, 6) is 2.01. The Kier molecular flexibility index (Phi) is 5.63. The molecule has 7 heteroatoms. The summed E-state index contributed by atoms with van der Waals surface area (Å²) in [5, 5.41) is 2.84. The van der Waals surface area contributed by atoms with E-state index >= 15 is 0 Å². The minimum atomic E-state index is -2.88. The zero-order chi connectivity index (χ0) is 16.9. The van der Waals surface area contributed by atoms with Crippen LogP contribution in [-0.4, -0.2) is 24.0 Å². The lowest BCUT2D eigenvalue weighted by molar-refractivity contribution is -0.0498. The summed E-state index contributed by atoms with van der Waals surface area (Å²) in [6.07, 6.45) is 0. The highest BCUT2D eigenvalue weighted by molar-refractivity contribution is 8.19. The van der Waals surface area contributed by atoms with Gasteiger partial charge < -0.3 is 10.1 Å². The van der Waals surface area contributed by atoms with Gasteiger partial charge in [0.15, 0.2) is 0 Å². The van der Waals surface area contributed by atoms with E-state index in [2.05, 4.69) is 16.1 Å². The summed E-state index contributed by atoms with van der Waals surface area (Å²) >= 11 is 3.80. The molecule has 1 amide bonds. The molecule has 0 saturated carbocycles. The number of rotatable bonds is 5. The van der Waals surface area contributed by atoms with Crippen molar-refractivity contribution >= 4 is 35.1 Å². The van der Waals surface area contributed by atoms with Gasteiger partial charge in [-0.05, 0) is 42.0 Å². The molecule has 1 saturated heterocycles. The van der Waals surface area contributed by atoms with Crippen molar-refractivity contribution in [2.24, 2.45) is 0 Å². The Labute approximate surface area is 147 Å². The first-order valence-corrected chi connectivity index (χ1v) is 9.41. The number of carbonyl (C=O) groups is 1. The second kappa shape index (κ2) is 7.90. The Hall–Kier alpha value is -1.73. The molecule has 2 aromatic rings. The smallest absolute Gasteiger partial charge is 0.387 e. The van der Waals surface area contributed by atoms with Gasteiger partial charge in [0.2, 0.25) is 0 Å². The van der Waals surface area contributed by atoms with Gasteiger partial charge in [0, 0.05) is 22.8 Å². The molecule has 1 aliphatic rings. The lowest BCUT2D eigenvalue weighted by atomic mass is 10.2. The molecule has 0 atom stereocenters. The third-order valence-electron chi connectivity index (χ3n) is 3.38. The molecule has 0 aliphatic carbocycles. The van der Waals surface area contributed by atoms with E-state index in [-0.39, 0.29) is 11.7 Å². The average Bonchev–Trinajstić information content (AvgIpc) is 3.10. The number of anilines is 1. The van der Waals surface area contributed by atoms with E-state index in [1.807, 2.05) is 41.7 Å². The predicted octanol–water partition coefficient (Wildman–Crippen LogP) is 5.02. The summed E-state index contributed by atoms with van der Waals surface area (Å²) in [4.78, 5) is 12.3. The monoisotopic (exact) mass is 367 g/mol. The Balaban J connectivity index is 1.67. The van der Waals surface area contributed by atoms with Gasteiger partial charge in [-0.1, -0.05) is 12.1 Å². The maximum absolute atomic E-state index is 12.3. The standard InChI is InChI=1S/C17H15F2NO2S2/c18-17(19)22-14-6-4-11(5-7-14)15(21)20-13-3-1-2-12(10-13)16-23-8-9-24-16/h1-7,10,16-17H,8-9H2,(H,20,21). The molecule has 24 heavy (non-hydrogen) atoms. The number of benzene rings is 2. The predicted molar refractivity (Wildman–Crippen MR) is 95.1 cm³/mol. The van der Waals surface area contributed by atoms with Gasteiger partial charge in [0.25, 0.3) is 5.91 Å². The van der Waals surface area contributed by atoms with E-state index in [1.165, 1.54) is 29.8 Å². The summed E-state index contributed by atoms with van der Waals surface area (Å²) in [6, 6.07) is 13.4. The second-order valence-corrected chi connectivity index (χ2v) is 7.78. The molecule has 0 bridgehead atoms. The van der Waals surface area contributed by atoms with Crippen molar-refractivity contribution in [3.05, 3.63) is 59.7 Å². The van der Waals surface area contributed by atoms with Crippen molar-refractivity contribution in [3.8, 4) is 5.75 Å². The molecular formula is C17H15F2NO2S2. The fraction of sp³-hybridized carbons (Fsp3) is 0.235. The molecular weight excluding hydrogens is 352 g/mol. The molecule has 1 heterocycles. The van der Waals surface area contributed by atoms with Gasteiger partial charge >= 0.3 is 6.61 Å². The molecule has 3 nitrogen and oxygen atoms in total. The van der Waals surface area contributed by atoms with Crippen molar-refractivity contribution in [2.75, 3.05) is 16.8 Å². The minimum Gasteiger partial charge on any atom is -0.435 e. The van der Waals surface area contributed by atoms with Gasteiger partial charge in [-0.2, -0.15) is 8.78 Å². The third kappa shape index (κ3) is 4.42. The normalized spacial score (nSPS) is 14.8. The Morgan fingerprint density at radius 3 is 2.50 bits per heavy atom. The Morgan fingerprint density at radius 1 is 1.12 bits per heavy atom. The number of carbonyl (C=O) groups excluding carboxylic acids is 1. The van der Waals surface area contributed by atoms with Crippen LogP contribution in [0.3, 0.4) is 0 Å². The van der Waals surface area contributed by atoms with Crippen LogP contribution in [0.2, 0.25) is 0 Å². The minimum absolute atomic E-state index is 0.0267. The molecule has 0 aromatic heterocycles. The molecule has 3 rings (SSSR count). The van der Waals surface area contributed by atoms with Gasteiger partial charge in [0.05, 0.1) is 4.58 Å². The maximum atomic E-state index is 12.3. The van der Waals surface area contributed by atoms with Crippen molar-refractivity contribution in [1.29, 1.82) is 0 Å². The van der Waals surface area contributed by atoms with Crippen LogP contribution >= 0.6 is 23.5 Å².